The molecule has 7 heteroatoms. The number of halogens is 1. The molecule has 1 aliphatic carbocycles. The van der Waals surface area contributed by atoms with Crippen LogP contribution < -0.4 is 10.5 Å². The van der Waals surface area contributed by atoms with Gasteiger partial charge in [-0.05, 0) is 22.0 Å². The van der Waals surface area contributed by atoms with Gasteiger partial charge in [0.25, 0.3) is 0 Å². The molecule has 3 atom stereocenters. The predicted molar refractivity (Wildman–Crippen MR) is 68.6 cm³/mol. The third-order valence-corrected chi connectivity index (χ3v) is 3.60. The summed E-state index contributed by atoms with van der Waals surface area (Å²) in [6, 6.07) is 4.61. The van der Waals surface area contributed by atoms with Gasteiger partial charge < -0.3 is 15.2 Å². The molecule has 98 valence electrons. The van der Waals surface area contributed by atoms with Gasteiger partial charge in [-0.2, -0.15) is 0 Å². The van der Waals surface area contributed by atoms with Crippen molar-refractivity contribution in [2.45, 2.75) is 24.7 Å². The minimum Gasteiger partial charge on any atom is -0.480 e. The summed E-state index contributed by atoms with van der Waals surface area (Å²) in [7, 11) is 1.55. The van der Waals surface area contributed by atoms with Crippen LogP contribution in [0.2, 0.25) is 0 Å². The van der Waals surface area contributed by atoms with Gasteiger partial charge in [0.05, 0.1) is 9.40 Å². The number of ether oxygens (including phenoxy) is 2. The van der Waals surface area contributed by atoms with E-state index in [9.17, 15) is 10.1 Å². The molecule has 0 saturated heterocycles. The molecule has 18 heavy (non-hydrogen) atoms. The highest BCUT2D eigenvalue weighted by atomic mass is 79.9. The molecule has 0 radical (unpaired) electrons. The standard InChI is InChI=1S/C11H13BrN2O4/c1-17-11-7(13)5-9(11)18-10-6(12)3-2-4-8(10)14(15)16/h2-4,7,9,11H,5,13H2,1H3. The molecule has 0 aliphatic heterocycles. The van der Waals surface area contributed by atoms with Gasteiger partial charge in [-0.25, -0.2) is 0 Å². The Morgan fingerprint density at radius 2 is 2.28 bits per heavy atom. The van der Waals surface area contributed by atoms with Crippen molar-refractivity contribution in [3.8, 4) is 5.75 Å². The third-order valence-electron chi connectivity index (χ3n) is 2.98. The van der Waals surface area contributed by atoms with Crippen molar-refractivity contribution in [2.75, 3.05) is 7.11 Å². The van der Waals surface area contributed by atoms with Crippen molar-refractivity contribution in [1.82, 2.24) is 0 Å². The number of methoxy groups -OCH3 is 1. The largest absolute Gasteiger partial charge is 0.480 e. The Balaban J connectivity index is 2.21. The number of hydrogen-bond donors (Lipinski definition) is 1. The van der Waals surface area contributed by atoms with Crippen molar-refractivity contribution < 1.29 is 14.4 Å². The van der Waals surface area contributed by atoms with E-state index in [1.165, 1.54) is 6.07 Å². The smallest absolute Gasteiger partial charge is 0.312 e. The normalized spacial score (nSPS) is 26.5. The molecule has 1 fully saturated rings. The number of rotatable bonds is 4. The van der Waals surface area contributed by atoms with Crippen molar-refractivity contribution in [1.29, 1.82) is 0 Å². The number of nitrogens with zero attached hydrogens (tertiary/aromatic N) is 1. The van der Waals surface area contributed by atoms with E-state index in [-0.39, 0.29) is 29.7 Å². The fourth-order valence-corrected chi connectivity index (χ4v) is 2.42. The molecule has 2 N–H and O–H groups in total. The van der Waals surface area contributed by atoms with Gasteiger partial charge in [0.2, 0.25) is 5.75 Å². The molecular weight excluding hydrogens is 304 g/mol. The van der Waals surface area contributed by atoms with Gasteiger partial charge >= 0.3 is 5.69 Å². The first-order chi connectivity index (χ1) is 8.54. The highest BCUT2D eigenvalue weighted by Gasteiger charge is 2.42. The van der Waals surface area contributed by atoms with Gasteiger partial charge in [-0.3, -0.25) is 10.1 Å². The van der Waals surface area contributed by atoms with Crippen LogP contribution in [0, 0.1) is 10.1 Å². The van der Waals surface area contributed by atoms with E-state index in [0.29, 0.717) is 10.9 Å². The summed E-state index contributed by atoms with van der Waals surface area (Å²) in [5.74, 6) is 0.224. The second-order valence-electron chi connectivity index (χ2n) is 4.10. The van der Waals surface area contributed by atoms with Crippen molar-refractivity contribution >= 4 is 21.6 Å². The van der Waals surface area contributed by atoms with E-state index in [0.717, 1.165) is 0 Å². The van der Waals surface area contributed by atoms with Crippen LogP contribution in [0.25, 0.3) is 0 Å². The molecular formula is C11H13BrN2O4. The Bertz CT molecular complexity index is 468. The van der Waals surface area contributed by atoms with Crippen LogP contribution >= 0.6 is 15.9 Å². The first kappa shape index (κ1) is 13.3. The maximum absolute atomic E-state index is 10.9. The highest BCUT2D eigenvalue weighted by Crippen LogP contribution is 2.38. The minimum atomic E-state index is -0.472. The Hall–Kier alpha value is -1.18. The zero-order valence-corrected chi connectivity index (χ0v) is 11.3. The average molecular weight is 317 g/mol. The zero-order chi connectivity index (χ0) is 13.3. The van der Waals surface area contributed by atoms with Crippen LogP contribution in [-0.2, 0) is 4.74 Å². The maximum Gasteiger partial charge on any atom is 0.312 e. The molecule has 6 nitrogen and oxygen atoms in total. The molecule has 1 aromatic rings. The van der Waals surface area contributed by atoms with E-state index in [2.05, 4.69) is 15.9 Å². The zero-order valence-electron chi connectivity index (χ0n) is 9.71. The van der Waals surface area contributed by atoms with E-state index in [1.54, 1.807) is 19.2 Å². The summed E-state index contributed by atoms with van der Waals surface area (Å²) in [6.07, 6.45) is 0.149. The highest BCUT2D eigenvalue weighted by molar-refractivity contribution is 9.10. The maximum atomic E-state index is 10.9. The predicted octanol–water partition coefficient (Wildman–Crippen LogP) is 1.85. The molecule has 2 rings (SSSR count). The van der Waals surface area contributed by atoms with Crippen molar-refractivity contribution in [3.05, 3.63) is 32.8 Å². The van der Waals surface area contributed by atoms with Crippen LogP contribution in [0.1, 0.15) is 6.42 Å². The van der Waals surface area contributed by atoms with Gasteiger partial charge in [-0.15, -0.1) is 0 Å². The number of hydrogen-bond acceptors (Lipinski definition) is 5. The fourth-order valence-electron chi connectivity index (χ4n) is 1.97. The van der Waals surface area contributed by atoms with Crippen molar-refractivity contribution in [2.24, 2.45) is 5.73 Å². The molecule has 0 spiro atoms. The molecule has 0 aromatic heterocycles. The molecule has 1 saturated carbocycles. The van der Waals surface area contributed by atoms with Crippen LogP contribution in [0.3, 0.4) is 0 Å². The SMILES string of the molecule is COC1C(N)CC1Oc1c(Br)cccc1[N+](=O)[O-]. The van der Waals surface area contributed by atoms with E-state index in [1.807, 2.05) is 0 Å². The van der Waals surface area contributed by atoms with E-state index >= 15 is 0 Å². The Labute approximate surface area is 112 Å². The van der Waals surface area contributed by atoms with Crippen molar-refractivity contribution in [3.63, 3.8) is 0 Å². The monoisotopic (exact) mass is 316 g/mol. The molecule has 0 bridgehead atoms. The second kappa shape index (κ2) is 5.21. The first-order valence-corrected chi connectivity index (χ1v) is 6.22. The van der Waals surface area contributed by atoms with Gasteiger partial charge in [-0.1, -0.05) is 6.07 Å². The number of nitro groups is 1. The van der Waals surface area contributed by atoms with E-state index < -0.39 is 4.92 Å². The summed E-state index contributed by atoms with van der Waals surface area (Å²) >= 11 is 3.25. The lowest BCUT2D eigenvalue weighted by molar-refractivity contribution is -0.386. The van der Waals surface area contributed by atoms with Gasteiger partial charge in [0, 0.05) is 25.6 Å². The van der Waals surface area contributed by atoms with Crippen LogP contribution in [0.5, 0.6) is 5.75 Å². The Morgan fingerprint density at radius 3 is 2.83 bits per heavy atom. The molecule has 0 heterocycles. The quantitative estimate of drug-likeness (QED) is 0.676. The average Bonchev–Trinajstić information content (AvgIpc) is 2.30. The minimum absolute atomic E-state index is 0.0697. The number of para-hydroxylation sites is 1. The lowest BCUT2D eigenvalue weighted by Gasteiger charge is -2.40. The lowest BCUT2D eigenvalue weighted by atomic mass is 9.86. The summed E-state index contributed by atoms with van der Waals surface area (Å²) in [5.41, 5.74) is 5.69. The van der Waals surface area contributed by atoms with E-state index in [4.69, 9.17) is 15.2 Å². The second-order valence-corrected chi connectivity index (χ2v) is 4.96. The topological polar surface area (TPSA) is 87.6 Å². The Morgan fingerprint density at radius 1 is 1.56 bits per heavy atom. The van der Waals surface area contributed by atoms with Crippen LogP contribution in [-0.4, -0.2) is 30.3 Å². The summed E-state index contributed by atoms with van der Waals surface area (Å²) in [6.45, 7) is 0. The fraction of sp³-hybridized carbons (Fsp3) is 0.455. The van der Waals surface area contributed by atoms with Crippen LogP contribution in [0.4, 0.5) is 5.69 Å². The Kier molecular flexibility index (Phi) is 3.84. The number of nitrogens with two attached hydrogens (primary N) is 1. The lowest BCUT2D eigenvalue weighted by Crippen LogP contribution is -2.59. The van der Waals surface area contributed by atoms with Gasteiger partial charge in [0.1, 0.15) is 12.2 Å². The van der Waals surface area contributed by atoms with Gasteiger partial charge in [0.15, 0.2) is 0 Å². The summed E-state index contributed by atoms with van der Waals surface area (Å²) < 4.78 is 11.4. The molecule has 3 unspecified atom stereocenters. The molecule has 1 aromatic carbocycles. The van der Waals surface area contributed by atoms with Crippen LogP contribution in [0.15, 0.2) is 22.7 Å². The number of nitro benzene ring substituents is 1. The summed E-state index contributed by atoms with van der Waals surface area (Å²) in [4.78, 5) is 10.5. The number of benzene rings is 1. The third kappa shape index (κ3) is 2.33. The first-order valence-electron chi connectivity index (χ1n) is 5.42. The molecule has 0 amide bonds. The summed E-state index contributed by atoms with van der Waals surface area (Å²) in [5, 5.41) is 10.9. The molecule has 1 aliphatic rings.